The molecule has 8 nitrogen and oxygen atoms in total. The molecule has 0 spiro atoms. The number of fused-ring (bicyclic) bond motifs is 2. The maximum Gasteiger partial charge on any atom is 0.137 e. The molecule has 0 unspecified atom stereocenters. The Morgan fingerprint density at radius 3 is 2.46 bits per heavy atom. The van der Waals surface area contributed by atoms with Crippen LogP contribution >= 0.6 is 0 Å². The van der Waals surface area contributed by atoms with Crippen molar-refractivity contribution in [3.05, 3.63) is 91.4 Å². The van der Waals surface area contributed by atoms with Crippen molar-refractivity contribution in [1.29, 1.82) is 0 Å². The Kier molecular flexibility index (Phi) is 8.67. The topological polar surface area (TPSA) is 87.2 Å². The molecule has 0 bridgehead atoms. The summed E-state index contributed by atoms with van der Waals surface area (Å²) in [6.07, 6.45) is 5.79. The number of rotatable bonds is 12. The first-order chi connectivity index (χ1) is 20.3. The van der Waals surface area contributed by atoms with Crippen molar-refractivity contribution in [1.82, 2.24) is 19.9 Å². The van der Waals surface area contributed by atoms with E-state index in [2.05, 4.69) is 78.3 Å². The summed E-state index contributed by atoms with van der Waals surface area (Å²) in [4.78, 5) is 15.9. The minimum absolute atomic E-state index is 0.568. The molecule has 3 N–H and O–H groups in total. The first kappa shape index (κ1) is 26.8. The van der Waals surface area contributed by atoms with E-state index in [4.69, 9.17) is 4.74 Å². The molecule has 0 amide bonds. The van der Waals surface area contributed by atoms with Crippen LogP contribution in [0.3, 0.4) is 0 Å². The molecule has 0 aliphatic carbocycles. The van der Waals surface area contributed by atoms with Crippen molar-refractivity contribution in [3.63, 3.8) is 0 Å². The zero-order valence-electron chi connectivity index (χ0n) is 23.3. The van der Waals surface area contributed by atoms with E-state index < -0.39 is 0 Å². The van der Waals surface area contributed by atoms with Gasteiger partial charge in [0.1, 0.15) is 17.9 Å². The molecule has 3 aromatic carbocycles. The van der Waals surface area contributed by atoms with E-state index in [1.54, 1.807) is 6.33 Å². The second-order valence-corrected chi connectivity index (χ2v) is 10.5. The van der Waals surface area contributed by atoms with Gasteiger partial charge in [-0.1, -0.05) is 36.4 Å². The fourth-order valence-corrected chi connectivity index (χ4v) is 5.40. The fraction of sp³-hybridized carbons (Fsp3) is 0.303. The predicted molar refractivity (Wildman–Crippen MR) is 168 cm³/mol. The average molecular weight is 548 g/mol. The second kappa shape index (κ2) is 13.3. The van der Waals surface area contributed by atoms with Crippen LogP contribution in [-0.4, -0.2) is 65.7 Å². The van der Waals surface area contributed by atoms with Crippen molar-refractivity contribution in [3.8, 4) is 5.75 Å². The Morgan fingerprint density at radius 1 is 0.732 bits per heavy atom. The maximum absolute atomic E-state index is 6.23. The second-order valence-electron chi connectivity index (χ2n) is 10.5. The molecule has 3 heterocycles. The zero-order valence-corrected chi connectivity index (χ0v) is 23.3. The number of aromatic nitrogens is 3. The van der Waals surface area contributed by atoms with Crippen LogP contribution in [0.2, 0.25) is 0 Å². The summed E-state index contributed by atoms with van der Waals surface area (Å²) < 4.78 is 6.23. The normalized spacial score (nSPS) is 14.2. The molecule has 2 aromatic heterocycles. The molecule has 5 aromatic rings. The average Bonchev–Trinajstić information content (AvgIpc) is 3.03. The molecule has 1 fully saturated rings. The van der Waals surface area contributed by atoms with Gasteiger partial charge in [0, 0.05) is 60.6 Å². The highest BCUT2D eigenvalue weighted by Crippen LogP contribution is 2.26. The molecular weight excluding hydrogens is 510 g/mol. The Hall–Kier alpha value is -4.43. The lowest BCUT2D eigenvalue weighted by Crippen LogP contribution is -2.38. The van der Waals surface area contributed by atoms with Crippen LogP contribution in [0, 0.1) is 5.92 Å². The first-order valence-corrected chi connectivity index (χ1v) is 14.5. The molecule has 6 rings (SSSR count). The standard InChI is InChI=1S/C33H37N7O/c1-2-6-26(7-3-1)34-16-17-37-33-29-11-10-27(22-32(29)38-24-39-33)41-23-25-13-19-40(20-14-25)21-18-36-31-12-15-35-30-9-5-4-8-28(30)31/h1-12,15,22,24-25,34H,13-14,16-21,23H2,(H,35,36)(H,37,38,39). The van der Waals surface area contributed by atoms with E-state index in [9.17, 15) is 0 Å². The number of hydrogen-bond donors (Lipinski definition) is 3. The summed E-state index contributed by atoms with van der Waals surface area (Å²) in [5, 5.41) is 12.6. The third-order valence-electron chi connectivity index (χ3n) is 7.71. The van der Waals surface area contributed by atoms with Gasteiger partial charge in [-0.3, -0.25) is 4.98 Å². The number of hydrogen-bond acceptors (Lipinski definition) is 8. The largest absolute Gasteiger partial charge is 0.493 e. The lowest BCUT2D eigenvalue weighted by Gasteiger charge is -2.32. The smallest absolute Gasteiger partial charge is 0.137 e. The number of anilines is 3. The van der Waals surface area contributed by atoms with Gasteiger partial charge in [0.2, 0.25) is 0 Å². The number of para-hydroxylation sites is 2. The van der Waals surface area contributed by atoms with E-state index in [0.29, 0.717) is 5.92 Å². The Labute approximate surface area is 241 Å². The molecule has 0 saturated carbocycles. The van der Waals surface area contributed by atoms with Crippen LogP contribution in [0.5, 0.6) is 5.75 Å². The summed E-state index contributed by atoms with van der Waals surface area (Å²) in [5.41, 5.74) is 4.19. The third kappa shape index (κ3) is 7.02. The predicted octanol–water partition coefficient (Wildman–Crippen LogP) is 5.90. The Bertz CT molecular complexity index is 1550. The van der Waals surface area contributed by atoms with Crippen LogP contribution in [0.4, 0.5) is 17.2 Å². The molecule has 1 saturated heterocycles. The molecule has 41 heavy (non-hydrogen) atoms. The number of benzene rings is 3. The van der Waals surface area contributed by atoms with Crippen molar-refractivity contribution in [2.45, 2.75) is 12.8 Å². The third-order valence-corrected chi connectivity index (χ3v) is 7.71. The Morgan fingerprint density at radius 2 is 1.56 bits per heavy atom. The van der Waals surface area contributed by atoms with Crippen LogP contribution < -0.4 is 20.7 Å². The Balaban J connectivity index is 0.931. The SMILES string of the molecule is c1ccc(NCCNc2ncnc3cc(OCC4CCN(CCNc5ccnc6ccccc56)CC4)ccc23)cc1. The van der Waals surface area contributed by atoms with Crippen molar-refractivity contribution < 1.29 is 4.74 Å². The summed E-state index contributed by atoms with van der Waals surface area (Å²) in [7, 11) is 0. The van der Waals surface area contributed by atoms with Gasteiger partial charge in [-0.2, -0.15) is 0 Å². The van der Waals surface area contributed by atoms with Gasteiger partial charge in [-0.15, -0.1) is 0 Å². The van der Waals surface area contributed by atoms with E-state index in [1.165, 1.54) is 5.39 Å². The molecule has 210 valence electrons. The van der Waals surface area contributed by atoms with Gasteiger partial charge in [0.25, 0.3) is 0 Å². The van der Waals surface area contributed by atoms with E-state index in [-0.39, 0.29) is 0 Å². The van der Waals surface area contributed by atoms with Crippen molar-refractivity contribution >= 4 is 39.0 Å². The molecule has 0 atom stereocenters. The monoisotopic (exact) mass is 547 g/mol. The molecule has 0 radical (unpaired) electrons. The number of likely N-dealkylation sites (tertiary alicyclic amines) is 1. The van der Waals surface area contributed by atoms with Crippen molar-refractivity contribution in [2.24, 2.45) is 5.92 Å². The lowest BCUT2D eigenvalue weighted by molar-refractivity contribution is 0.145. The van der Waals surface area contributed by atoms with Crippen LogP contribution in [0.25, 0.3) is 21.8 Å². The quantitative estimate of drug-likeness (QED) is 0.166. The summed E-state index contributed by atoms with van der Waals surface area (Å²) >= 11 is 0. The zero-order chi connectivity index (χ0) is 27.7. The van der Waals surface area contributed by atoms with Gasteiger partial charge in [-0.25, -0.2) is 9.97 Å². The van der Waals surface area contributed by atoms with Gasteiger partial charge in [0.15, 0.2) is 0 Å². The highest BCUT2D eigenvalue weighted by atomic mass is 16.5. The van der Waals surface area contributed by atoms with Gasteiger partial charge in [0.05, 0.1) is 17.6 Å². The molecular formula is C33H37N7O. The molecule has 1 aliphatic rings. The molecule has 1 aliphatic heterocycles. The summed E-state index contributed by atoms with van der Waals surface area (Å²) in [5.74, 6) is 2.28. The number of ether oxygens (including phenoxy) is 1. The number of piperidine rings is 1. The van der Waals surface area contributed by atoms with E-state index >= 15 is 0 Å². The van der Waals surface area contributed by atoms with Gasteiger partial charge >= 0.3 is 0 Å². The van der Waals surface area contributed by atoms with E-state index in [0.717, 1.165) is 98.1 Å². The number of nitrogens with one attached hydrogen (secondary N) is 3. The lowest BCUT2D eigenvalue weighted by atomic mass is 9.98. The van der Waals surface area contributed by atoms with Crippen LogP contribution in [0.15, 0.2) is 91.4 Å². The van der Waals surface area contributed by atoms with Crippen LogP contribution in [-0.2, 0) is 0 Å². The first-order valence-electron chi connectivity index (χ1n) is 14.5. The van der Waals surface area contributed by atoms with Crippen molar-refractivity contribution in [2.75, 3.05) is 61.8 Å². The summed E-state index contributed by atoms with van der Waals surface area (Å²) in [6.45, 7) is 6.46. The summed E-state index contributed by atoms with van der Waals surface area (Å²) in [6, 6.07) is 26.7. The molecule has 8 heteroatoms. The fourth-order valence-electron chi connectivity index (χ4n) is 5.40. The maximum atomic E-state index is 6.23. The number of pyridine rings is 1. The van der Waals surface area contributed by atoms with Crippen LogP contribution in [0.1, 0.15) is 12.8 Å². The van der Waals surface area contributed by atoms with Gasteiger partial charge < -0.3 is 25.6 Å². The van der Waals surface area contributed by atoms with Gasteiger partial charge in [-0.05, 0) is 68.2 Å². The minimum atomic E-state index is 0.568. The minimum Gasteiger partial charge on any atom is -0.493 e. The van der Waals surface area contributed by atoms with E-state index in [1.807, 2.05) is 42.6 Å². The highest BCUT2D eigenvalue weighted by molar-refractivity contribution is 5.91. The number of nitrogens with zero attached hydrogens (tertiary/aromatic N) is 4. The highest BCUT2D eigenvalue weighted by Gasteiger charge is 2.19.